The maximum atomic E-state index is 10.9. The minimum absolute atomic E-state index is 0.0507. The summed E-state index contributed by atoms with van der Waals surface area (Å²) in [5.74, 6) is -0.0507. The fraction of sp³-hybridized carbons (Fsp3) is 0.833. The molecule has 83 valence electrons. The molecule has 0 rings (SSSR count). The fourth-order valence-electron chi connectivity index (χ4n) is 1.39. The highest BCUT2D eigenvalue weighted by atomic mass is 16.5. The van der Waals surface area contributed by atoms with Crippen LogP contribution in [0.2, 0.25) is 0 Å². The first-order valence-corrected chi connectivity index (χ1v) is 5.76. The first kappa shape index (κ1) is 13.5. The zero-order valence-corrected chi connectivity index (χ0v) is 9.39. The highest BCUT2D eigenvalue weighted by Crippen LogP contribution is 2.08. The lowest BCUT2D eigenvalue weighted by atomic mass is 10.1. The Morgan fingerprint density at radius 1 is 1.07 bits per heavy atom. The summed E-state index contributed by atoms with van der Waals surface area (Å²) in [5, 5.41) is 0. The lowest BCUT2D eigenvalue weighted by Crippen LogP contribution is -2.03. The molecule has 0 unspecified atom stereocenters. The van der Waals surface area contributed by atoms with E-state index in [1.54, 1.807) is 0 Å². The van der Waals surface area contributed by atoms with Gasteiger partial charge < -0.3 is 4.74 Å². The SMILES string of the molecule is [CH2]CCCCCCCCC(=O)OCC. The van der Waals surface area contributed by atoms with Crippen LogP contribution in [-0.2, 0) is 9.53 Å². The van der Waals surface area contributed by atoms with Crippen molar-refractivity contribution < 1.29 is 9.53 Å². The smallest absolute Gasteiger partial charge is 0.305 e. The summed E-state index contributed by atoms with van der Waals surface area (Å²) in [6.07, 6.45) is 8.78. The van der Waals surface area contributed by atoms with Gasteiger partial charge in [-0.1, -0.05) is 45.4 Å². The molecular weight excluding hydrogens is 176 g/mol. The Bertz CT molecular complexity index is 132. The number of ether oxygens (including phenoxy) is 1. The molecule has 0 saturated carbocycles. The van der Waals surface area contributed by atoms with E-state index in [-0.39, 0.29) is 5.97 Å². The molecule has 0 fully saturated rings. The van der Waals surface area contributed by atoms with Crippen LogP contribution in [0.5, 0.6) is 0 Å². The lowest BCUT2D eigenvalue weighted by molar-refractivity contribution is -0.143. The standard InChI is InChI=1S/C12H23O2/c1-3-5-6-7-8-9-10-11-12(13)14-4-2/h1,3-11H2,2H3. The van der Waals surface area contributed by atoms with Gasteiger partial charge in [-0.2, -0.15) is 0 Å². The Morgan fingerprint density at radius 2 is 1.64 bits per heavy atom. The Balaban J connectivity index is 3.01. The molecule has 0 aromatic carbocycles. The molecule has 1 radical (unpaired) electrons. The molecule has 0 saturated heterocycles. The highest BCUT2D eigenvalue weighted by molar-refractivity contribution is 5.69. The third-order valence-electron chi connectivity index (χ3n) is 2.19. The molecule has 0 amide bonds. The molecule has 2 nitrogen and oxygen atoms in total. The maximum absolute atomic E-state index is 10.9. The summed E-state index contributed by atoms with van der Waals surface area (Å²) in [7, 11) is 0. The average molecular weight is 199 g/mol. The van der Waals surface area contributed by atoms with Crippen LogP contribution in [0.1, 0.15) is 58.3 Å². The Morgan fingerprint density at radius 3 is 2.21 bits per heavy atom. The number of unbranched alkanes of at least 4 members (excludes halogenated alkanes) is 6. The number of rotatable bonds is 9. The molecule has 0 N–H and O–H groups in total. The number of carbonyl (C=O) groups excluding carboxylic acids is 1. The van der Waals surface area contributed by atoms with E-state index in [9.17, 15) is 4.79 Å². The monoisotopic (exact) mass is 199 g/mol. The molecule has 0 spiro atoms. The number of carbonyl (C=O) groups is 1. The van der Waals surface area contributed by atoms with Crippen LogP contribution >= 0.6 is 0 Å². The number of hydrogen-bond donors (Lipinski definition) is 0. The summed E-state index contributed by atoms with van der Waals surface area (Å²) in [6.45, 7) is 6.15. The first-order valence-electron chi connectivity index (χ1n) is 5.76. The van der Waals surface area contributed by atoms with Crippen LogP contribution in [0.25, 0.3) is 0 Å². The van der Waals surface area contributed by atoms with E-state index in [1.165, 1.54) is 25.7 Å². The summed E-state index contributed by atoms with van der Waals surface area (Å²) in [4.78, 5) is 10.9. The van der Waals surface area contributed by atoms with Gasteiger partial charge in [0, 0.05) is 6.42 Å². The van der Waals surface area contributed by atoms with Crippen LogP contribution < -0.4 is 0 Å². The molecule has 0 aromatic heterocycles. The van der Waals surface area contributed by atoms with Crippen LogP contribution in [0.3, 0.4) is 0 Å². The predicted octanol–water partition coefficient (Wildman–Crippen LogP) is 3.50. The molecule has 0 atom stereocenters. The van der Waals surface area contributed by atoms with Gasteiger partial charge in [-0.3, -0.25) is 4.79 Å². The summed E-state index contributed by atoms with van der Waals surface area (Å²) >= 11 is 0. The van der Waals surface area contributed by atoms with Gasteiger partial charge in [0.2, 0.25) is 0 Å². The third kappa shape index (κ3) is 9.56. The lowest BCUT2D eigenvalue weighted by Gasteiger charge is -2.01. The number of hydrogen-bond acceptors (Lipinski definition) is 2. The van der Waals surface area contributed by atoms with Crippen molar-refractivity contribution in [1.82, 2.24) is 0 Å². The fourth-order valence-corrected chi connectivity index (χ4v) is 1.39. The highest BCUT2D eigenvalue weighted by Gasteiger charge is 2.00. The van der Waals surface area contributed by atoms with E-state index in [0.29, 0.717) is 13.0 Å². The first-order chi connectivity index (χ1) is 6.81. The average Bonchev–Trinajstić information content (AvgIpc) is 2.17. The molecular formula is C12H23O2. The Hall–Kier alpha value is -0.530. The van der Waals surface area contributed by atoms with Gasteiger partial charge in [-0.15, -0.1) is 0 Å². The second kappa shape index (κ2) is 10.6. The molecule has 0 aliphatic carbocycles. The van der Waals surface area contributed by atoms with Crippen molar-refractivity contribution in [3.05, 3.63) is 6.92 Å². The van der Waals surface area contributed by atoms with E-state index in [1.807, 2.05) is 6.92 Å². The Kier molecular flexibility index (Phi) is 10.2. The maximum Gasteiger partial charge on any atom is 0.305 e. The van der Waals surface area contributed by atoms with Crippen molar-refractivity contribution in [2.24, 2.45) is 0 Å². The van der Waals surface area contributed by atoms with Gasteiger partial charge >= 0.3 is 5.97 Å². The van der Waals surface area contributed by atoms with Crippen molar-refractivity contribution in [2.75, 3.05) is 6.61 Å². The quantitative estimate of drug-likeness (QED) is 0.419. The van der Waals surface area contributed by atoms with E-state index < -0.39 is 0 Å². The van der Waals surface area contributed by atoms with Crippen LogP contribution in [0.15, 0.2) is 0 Å². The summed E-state index contributed by atoms with van der Waals surface area (Å²) < 4.78 is 4.84. The van der Waals surface area contributed by atoms with E-state index in [4.69, 9.17) is 4.74 Å². The topological polar surface area (TPSA) is 26.3 Å². The van der Waals surface area contributed by atoms with Gasteiger partial charge in [-0.25, -0.2) is 0 Å². The van der Waals surface area contributed by atoms with Crippen LogP contribution in [-0.4, -0.2) is 12.6 Å². The molecule has 0 heterocycles. The van der Waals surface area contributed by atoms with Gasteiger partial charge in [0.1, 0.15) is 0 Å². The van der Waals surface area contributed by atoms with E-state index >= 15 is 0 Å². The van der Waals surface area contributed by atoms with Crippen molar-refractivity contribution in [3.63, 3.8) is 0 Å². The molecule has 0 aliphatic rings. The third-order valence-corrected chi connectivity index (χ3v) is 2.19. The van der Waals surface area contributed by atoms with Gasteiger partial charge in [0.05, 0.1) is 6.61 Å². The minimum atomic E-state index is -0.0507. The van der Waals surface area contributed by atoms with Crippen molar-refractivity contribution >= 4 is 5.97 Å². The zero-order chi connectivity index (χ0) is 10.6. The molecule has 0 aromatic rings. The van der Waals surface area contributed by atoms with Crippen LogP contribution in [0.4, 0.5) is 0 Å². The predicted molar refractivity (Wildman–Crippen MR) is 58.9 cm³/mol. The largest absolute Gasteiger partial charge is 0.466 e. The zero-order valence-electron chi connectivity index (χ0n) is 9.39. The Labute approximate surface area is 88.0 Å². The van der Waals surface area contributed by atoms with E-state index in [0.717, 1.165) is 19.3 Å². The van der Waals surface area contributed by atoms with Gasteiger partial charge in [-0.05, 0) is 13.3 Å². The van der Waals surface area contributed by atoms with Crippen molar-refractivity contribution in [1.29, 1.82) is 0 Å². The van der Waals surface area contributed by atoms with Crippen LogP contribution in [0, 0.1) is 6.92 Å². The normalized spacial score (nSPS) is 10.1. The van der Waals surface area contributed by atoms with Crippen molar-refractivity contribution in [3.8, 4) is 0 Å². The molecule has 2 heteroatoms. The van der Waals surface area contributed by atoms with E-state index in [2.05, 4.69) is 6.92 Å². The minimum Gasteiger partial charge on any atom is -0.466 e. The molecule has 0 bridgehead atoms. The summed E-state index contributed by atoms with van der Waals surface area (Å²) in [6, 6.07) is 0. The molecule has 14 heavy (non-hydrogen) atoms. The van der Waals surface area contributed by atoms with Gasteiger partial charge in [0.25, 0.3) is 0 Å². The number of esters is 1. The molecule has 0 aliphatic heterocycles. The second-order valence-corrected chi connectivity index (χ2v) is 3.53. The van der Waals surface area contributed by atoms with Crippen molar-refractivity contribution in [2.45, 2.75) is 58.3 Å². The van der Waals surface area contributed by atoms with Gasteiger partial charge in [0.15, 0.2) is 0 Å². The second-order valence-electron chi connectivity index (χ2n) is 3.53. The summed E-state index contributed by atoms with van der Waals surface area (Å²) in [5.41, 5.74) is 0.